The Hall–Kier alpha value is -3.02. The summed E-state index contributed by atoms with van der Waals surface area (Å²) in [7, 11) is 1.57. The SMILES string of the molecule is COc1cc2c(cc1O)CN(Cc1ccccc1CNC(=O)c1ccccc1Cl)CC2. The number of hydrogen-bond donors (Lipinski definition) is 2. The lowest BCUT2D eigenvalue weighted by Gasteiger charge is -2.30. The van der Waals surface area contributed by atoms with E-state index in [0.29, 0.717) is 22.9 Å². The molecule has 3 aromatic rings. The number of methoxy groups -OCH3 is 1. The van der Waals surface area contributed by atoms with Crippen LogP contribution in [0.25, 0.3) is 0 Å². The predicted octanol–water partition coefficient (Wildman–Crippen LogP) is 4.54. The van der Waals surface area contributed by atoms with Crippen molar-refractivity contribution in [3.8, 4) is 11.5 Å². The number of nitrogens with one attached hydrogen (secondary N) is 1. The molecule has 0 saturated heterocycles. The molecular weight excluding hydrogens is 412 g/mol. The van der Waals surface area contributed by atoms with Gasteiger partial charge in [0.15, 0.2) is 11.5 Å². The minimum absolute atomic E-state index is 0.172. The van der Waals surface area contributed by atoms with E-state index < -0.39 is 0 Å². The number of amides is 1. The number of hydrogen-bond acceptors (Lipinski definition) is 4. The maximum absolute atomic E-state index is 12.5. The monoisotopic (exact) mass is 436 g/mol. The third kappa shape index (κ3) is 4.84. The predicted molar refractivity (Wildman–Crippen MR) is 122 cm³/mol. The van der Waals surface area contributed by atoms with Crippen molar-refractivity contribution in [3.63, 3.8) is 0 Å². The molecule has 5 nitrogen and oxygen atoms in total. The molecule has 160 valence electrons. The molecule has 1 amide bonds. The van der Waals surface area contributed by atoms with Crippen LogP contribution in [0.1, 0.15) is 32.6 Å². The number of rotatable bonds is 6. The molecule has 31 heavy (non-hydrogen) atoms. The van der Waals surface area contributed by atoms with E-state index in [9.17, 15) is 9.90 Å². The second-order valence-electron chi connectivity index (χ2n) is 7.68. The number of phenolic OH excluding ortho intramolecular Hbond substituents is 1. The van der Waals surface area contributed by atoms with Gasteiger partial charge in [0.1, 0.15) is 0 Å². The lowest BCUT2D eigenvalue weighted by molar-refractivity contribution is 0.0951. The van der Waals surface area contributed by atoms with Gasteiger partial charge in [0.2, 0.25) is 0 Å². The highest BCUT2D eigenvalue weighted by Gasteiger charge is 2.20. The Morgan fingerprint density at radius 2 is 1.84 bits per heavy atom. The van der Waals surface area contributed by atoms with Gasteiger partial charge in [-0.05, 0) is 52.9 Å². The summed E-state index contributed by atoms with van der Waals surface area (Å²) in [6.07, 6.45) is 0.900. The summed E-state index contributed by atoms with van der Waals surface area (Å²) >= 11 is 6.14. The minimum atomic E-state index is -0.184. The zero-order chi connectivity index (χ0) is 21.8. The second kappa shape index (κ2) is 9.41. The van der Waals surface area contributed by atoms with Crippen LogP contribution in [-0.4, -0.2) is 29.6 Å². The molecule has 0 radical (unpaired) electrons. The van der Waals surface area contributed by atoms with Crippen LogP contribution >= 0.6 is 11.6 Å². The number of phenols is 1. The first kappa shape index (κ1) is 21.2. The molecule has 1 aliphatic rings. The smallest absolute Gasteiger partial charge is 0.253 e. The molecule has 1 aliphatic heterocycles. The van der Waals surface area contributed by atoms with Crippen molar-refractivity contribution in [3.05, 3.63) is 93.5 Å². The Balaban J connectivity index is 1.44. The van der Waals surface area contributed by atoms with Crippen molar-refractivity contribution < 1.29 is 14.6 Å². The molecule has 0 atom stereocenters. The average Bonchev–Trinajstić information content (AvgIpc) is 2.78. The lowest BCUT2D eigenvalue weighted by Crippen LogP contribution is -2.31. The third-order valence-electron chi connectivity index (χ3n) is 5.66. The second-order valence-corrected chi connectivity index (χ2v) is 8.09. The normalized spacial score (nSPS) is 13.5. The van der Waals surface area contributed by atoms with Crippen molar-refractivity contribution in [2.45, 2.75) is 26.1 Å². The maximum Gasteiger partial charge on any atom is 0.253 e. The first-order chi connectivity index (χ1) is 15.0. The van der Waals surface area contributed by atoms with Gasteiger partial charge in [0, 0.05) is 26.2 Å². The van der Waals surface area contributed by atoms with E-state index in [4.69, 9.17) is 16.3 Å². The fourth-order valence-corrected chi connectivity index (χ4v) is 4.19. The molecule has 0 spiro atoms. The molecule has 0 aromatic heterocycles. The zero-order valence-electron chi connectivity index (χ0n) is 17.4. The number of nitrogens with zero attached hydrogens (tertiary/aromatic N) is 1. The summed E-state index contributed by atoms with van der Waals surface area (Å²) in [6.45, 7) is 2.88. The van der Waals surface area contributed by atoms with Crippen molar-refractivity contribution in [2.24, 2.45) is 0 Å². The van der Waals surface area contributed by atoms with Gasteiger partial charge in [-0.1, -0.05) is 48.0 Å². The van der Waals surface area contributed by atoms with Gasteiger partial charge in [-0.3, -0.25) is 9.69 Å². The van der Waals surface area contributed by atoms with E-state index in [-0.39, 0.29) is 11.7 Å². The van der Waals surface area contributed by atoms with Crippen molar-refractivity contribution in [2.75, 3.05) is 13.7 Å². The van der Waals surface area contributed by atoms with Crippen LogP contribution in [-0.2, 0) is 26.1 Å². The van der Waals surface area contributed by atoms with Crippen LogP contribution < -0.4 is 10.1 Å². The molecule has 0 aliphatic carbocycles. The Kier molecular flexibility index (Phi) is 6.44. The highest BCUT2D eigenvalue weighted by atomic mass is 35.5. The van der Waals surface area contributed by atoms with Crippen LogP contribution in [0.4, 0.5) is 0 Å². The van der Waals surface area contributed by atoms with Crippen molar-refractivity contribution >= 4 is 17.5 Å². The number of carbonyl (C=O) groups excluding carboxylic acids is 1. The lowest BCUT2D eigenvalue weighted by atomic mass is 9.97. The summed E-state index contributed by atoms with van der Waals surface area (Å²) in [6, 6.07) is 18.9. The van der Waals surface area contributed by atoms with E-state index in [0.717, 1.165) is 37.2 Å². The average molecular weight is 437 g/mol. The van der Waals surface area contributed by atoms with Crippen LogP contribution in [0.5, 0.6) is 11.5 Å². The van der Waals surface area contributed by atoms with Crippen LogP contribution in [0.3, 0.4) is 0 Å². The summed E-state index contributed by atoms with van der Waals surface area (Å²) in [4.78, 5) is 14.9. The van der Waals surface area contributed by atoms with E-state index in [2.05, 4.69) is 16.3 Å². The molecule has 0 bridgehead atoms. The van der Waals surface area contributed by atoms with Gasteiger partial charge in [-0.15, -0.1) is 0 Å². The molecular formula is C25H25ClN2O3. The topological polar surface area (TPSA) is 61.8 Å². The Labute approximate surface area is 187 Å². The number of halogens is 1. The number of benzene rings is 3. The molecule has 0 fully saturated rings. The quantitative estimate of drug-likeness (QED) is 0.595. The largest absolute Gasteiger partial charge is 0.504 e. The molecule has 1 heterocycles. The van der Waals surface area contributed by atoms with Gasteiger partial charge in [0.25, 0.3) is 5.91 Å². The van der Waals surface area contributed by atoms with Crippen LogP contribution in [0.2, 0.25) is 5.02 Å². The number of carbonyl (C=O) groups is 1. The summed E-state index contributed by atoms with van der Waals surface area (Å²) in [5.74, 6) is 0.509. The van der Waals surface area contributed by atoms with Crippen molar-refractivity contribution in [1.29, 1.82) is 0 Å². The first-order valence-corrected chi connectivity index (χ1v) is 10.6. The third-order valence-corrected chi connectivity index (χ3v) is 5.99. The first-order valence-electron chi connectivity index (χ1n) is 10.3. The van der Waals surface area contributed by atoms with Gasteiger partial charge in [-0.25, -0.2) is 0 Å². The Bertz CT molecular complexity index is 1100. The number of aromatic hydroxyl groups is 1. The molecule has 0 saturated carbocycles. The maximum atomic E-state index is 12.5. The standard InChI is InChI=1S/C25H25ClN2O3/c1-31-24-13-17-10-11-28(16-20(17)12-23(24)29)15-19-7-3-2-6-18(19)14-27-25(30)21-8-4-5-9-22(21)26/h2-9,12-13,29H,10-11,14-16H2,1H3,(H,27,30). The summed E-state index contributed by atoms with van der Waals surface area (Å²) in [5.41, 5.74) is 5.05. The van der Waals surface area contributed by atoms with E-state index in [1.165, 1.54) is 11.1 Å². The fourth-order valence-electron chi connectivity index (χ4n) is 3.97. The Morgan fingerprint density at radius 1 is 1.10 bits per heavy atom. The van der Waals surface area contributed by atoms with E-state index in [1.54, 1.807) is 37.4 Å². The fraction of sp³-hybridized carbons (Fsp3) is 0.240. The highest BCUT2D eigenvalue weighted by Crippen LogP contribution is 2.32. The van der Waals surface area contributed by atoms with Gasteiger partial charge in [0.05, 0.1) is 17.7 Å². The molecule has 4 rings (SSSR count). The molecule has 3 aromatic carbocycles. The molecule has 0 unspecified atom stereocenters. The van der Waals surface area contributed by atoms with E-state index >= 15 is 0 Å². The number of ether oxygens (including phenoxy) is 1. The Morgan fingerprint density at radius 3 is 2.61 bits per heavy atom. The van der Waals surface area contributed by atoms with Crippen molar-refractivity contribution in [1.82, 2.24) is 10.2 Å². The molecule has 6 heteroatoms. The van der Waals surface area contributed by atoms with Crippen LogP contribution in [0, 0.1) is 0 Å². The van der Waals surface area contributed by atoms with Crippen LogP contribution in [0.15, 0.2) is 60.7 Å². The minimum Gasteiger partial charge on any atom is -0.504 e. The van der Waals surface area contributed by atoms with Gasteiger partial charge >= 0.3 is 0 Å². The van der Waals surface area contributed by atoms with E-state index in [1.807, 2.05) is 24.3 Å². The zero-order valence-corrected chi connectivity index (χ0v) is 18.2. The summed E-state index contributed by atoms with van der Waals surface area (Å²) < 4.78 is 5.23. The molecule has 2 N–H and O–H groups in total. The highest BCUT2D eigenvalue weighted by molar-refractivity contribution is 6.33. The summed E-state index contributed by atoms with van der Waals surface area (Å²) in [5, 5.41) is 13.6. The number of fused-ring (bicyclic) bond motifs is 1. The van der Waals surface area contributed by atoms with Gasteiger partial charge in [-0.2, -0.15) is 0 Å². The van der Waals surface area contributed by atoms with Gasteiger partial charge < -0.3 is 15.2 Å².